The molecule has 2 nitrogen and oxygen atoms in total. The van der Waals surface area contributed by atoms with Crippen LogP contribution in [-0.4, -0.2) is 11.5 Å². The van der Waals surface area contributed by atoms with Gasteiger partial charge in [-0.3, -0.25) is 0 Å². The summed E-state index contributed by atoms with van der Waals surface area (Å²) in [7, 11) is 0. The fourth-order valence-corrected chi connectivity index (χ4v) is 2.46. The molecular formula is C11H18N2. The molecule has 1 heterocycles. The standard InChI is InChI=1S/C11H18N2/c1-8-6-10(9(2)13-8)11(7-12)4-3-5-11/h6,13H,3-5,7,12H2,1-2H3. The summed E-state index contributed by atoms with van der Waals surface area (Å²) in [5, 5.41) is 0. The van der Waals surface area contributed by atoms with E-state index in [1.165, 1.54) is 36.2 Å². The Morgan fingerprint density at radius 1 is 1.46 bits per heavy atom. The lowest BCUT2D eigenvalue weighted by atomic mass is 9.64. The molecule has 1 aliphatic carbocycles. The van der Waals surface area contributed by atoms with Crippen molar-refractivity contribution in [1.82, 2.24) is 4.98 Å². The summed E-state index contributed by atoms with van der Waals surface area (Å²) in [6.07, 6.45) is 3.87. The van der Waals surface area contributed by atoms with Crippen LogP contribution in [0.4, 0.5) is 0 Å². The highest BCUT2D eigenvalue weighted by molar-refractivity contribution is 5.35. The van der Waals surface area contributed by atoms with Gasteiger partial charge in [-0.1, -0.05) is 6.42 Å². The molecule has 1 fully saturated rings. The molecule has 1 aliphatic rings. The molecule has 0 spiro atoms. The third-order valence-electron chi connectivity index (χ3n) is 3.42. The fourth-order valence-electron chi connectivity index (χ4n) is 2.46. The third kappa shape index (κ3) is 1.20. The number of aromatic amines is 1. The molecule has 1 aromatic heterocycles. The monoisotopic (exact) mass is 178 g/mol. The van der Waals surface area contributed by atoms with Crippen molar-refractivity contribution in [2.75, 3.05) is 6.54 Å². The van der Waals surface area contributed by atoms with Crippen molar-refractivity contribution in [3.63, 3.8) is 0 Å². The summed E-state index contributed by atoms with van der Waals surface area (Å²) in [6, 6.07) is 2.27. The second-order valence-corrected chi connectivity index (χ2v) is 4.33. The lowest BCUT2D eigenvalue weighted by molar-refractivity contribution is 0.252. The van der Waals surface area contributed by atoms with Gasteiger partial charge in [-0.05, 0) is 38.3 Å². The van der Waals surface area contributed by atoms with E-state index in [2.05, 4.69) is 24.9 Å². The summed E-state index contributed by atoms with van der Waals surface area (Å²) in [4.78, 5) is 3.36. The molecule has 3 N–H and O–H groups in total. The van der Waals surface area contributed by atoms with Crippen LogP contribution in [0.2, 0.25) is 0 Å². The zero-order chi connectivity index (χ0) is 9.47. The van der Waals surface area contributed by atoms with Crippen LogP contribution in [0.5, 0.6) is 0 Å². The average molecular weight is 178 g/mol. The van der Waals surface area contributed by atoms with Gasteiger partial charge in [-0.25, -0.2) is 0 Å². The Hall–Kier alpha value is -0.760. The van der Waals surface area contributed by atoms with Crippen molar-refractivity contribution in [1.29, 1.82) is 0 Å². The van der Waals surface area contributed by atoms with Crippen molar-refractivity contribution in [3.8, 4) is 0 Å². The Kier molecular flexibility index (Phi) is 1.95. The van der Waals surface area contributed by atoms with Crippen LogP contribution in [0.3, 0.4) is 0 Å². The summed E-state index contributed by atoms with van der Waals surface area (Å²) < 4.78 is 0. The zero-order valence-corrected chi connectivity index (χ0v) is 8.48. The highest BCUT2D eigenvalue weighted by atomic mass is 14.7. The molecule has 1 aromatic rings. The van der Waals surface area contributed by atoms with Gasteiger partial charge in [0.05, 0.1) is 0 Å². The van der Waals surface area contributed by atoms with Gasteiger partial charge in [0.2, 0.25) is 0 Å². The number of nitrogens with one attached hydrogen (secondary N) is 1. The van der Waals surface area contributed by atoms with E-state index < -0.39 is 0 Å². The predicted molar refractivity (Wildman–Crippen MR) is 54.9 cm³/mol. The predicted octanol–water partition coefficient (Wildman–Crippen LogP) is 2.01. The van der Waals surface area contributed by atoms with Crippen LogP contribution in [0, 0.1) is 13.8 Å². The van der Waals surface area contributed by atoms with E-state index in [1.807, 2.05) is 0 Å². The van der Waals surface area contributed by atoms with Crippen molar-refractivity contribution >= 4 is 0 Å². The fraction of sp³-hybridized carbons (Fsp3) is 0.636. The molecule has 0 aliphatic heterocycles. The topological polar surface area (TPSA) is 41.8 Å². The number of nitrogens with two attached hydrogens (primary N) is 1. The van der Waals surface area contributed by atoms with Crippen molar-refractivity contribution in [2.24, 2.45) is 5.73 Å². The average Bonchev–Trinajstić information content (AvgIpc) is 2.30. The first-order valence-electron chi connectivity index (χ1n) is 5.05. The largest absolute Gasteiger partial charge is 0.362 e. The number of rotatable bonds is 2. The molecule has 0 saturated heterocycles. The maximum Gasteiger partial charge on any atom is 0.0156 e. The van der Waals surface area contributed by atoms with E-state index in [1.54, 1.807) is 0 Å². The van der Waals surface area contributed by atoms with Crippen molar-refractivity contribution in [3.05, 3.63) is 23.0 Å². The Morgan fingerprint density at radius 3 is 2.46 bits per heavy atom. The molecular weight excluding hydrogens is 160 g/mol. The number of H-pyrrole nitrogens is 1. The van der Waals surface area contributed by atoms with Gasteiger partial charge >= 0.3 is 0 Å². The van der Waals surface area contributed by atoms with E-state index in [0.717, 1.165) is 6.54 Å². The second kappa shape index (κ2) is 2.88. The van der Waals surface area contributed by atoms with Crippen molar-refractivity contribution in [2.45, 2.75) is 38.5 Å². The Labute approximate surface area is 79.5 Å². The SMILES string of the molecule is Cc1cc(C2(CN)CCC2)c(C)[nH]1. The molecule has 13 heavy (non-hydrogen) atoms. The van der Waals surface area contributed by atoms with Gasteiger partial charge in [0.15, 0.2) is 0 Å². The highest BCUT2D eigenvalue weighted by Gasteiger charge is 2.38. The zero-order valence-electron chi connectivity index (χ0n) is 8.48. The summed E-state index contributed by atoms with van der Waals surface area (Å²) in [6.45, 7) is 5.06. The Balaban J connectivity index is 2.37. The number of hydrogen-bond donors (Lipinski definition) is 2. The summed E-state index contributed by atoms with van der Waals surface area (Å²) in [5.41, 5.74) is 10.2. The number of hydrogen-bond acceptors (Lipinski definition) is 1. The quantitative estimate of drug-likeness (QED) is 0.714. The minimum absolute atomic E-state index is 0.314. The first-order chi connectivity index (χ1) is 6.18. The van der Waals surface area contributed by atoms with E-state index in [0.29, 0.717) is 5.41 Å². The normalized spacial score (nSPS) is 19.9. The van der Waals surface area contributed by atoms with E-state index in [-0.39, 0.29) is 0 Å². The molecule has 1 saturated carbocycles. The van der Waals surface area contributed by atoms with E-state index in [9.17, 15) is 0 Å². The van der Waals surface area contributed by atoms with Gasteiger partial charge < -0.3 is 10.7 Å². The molecule has 0 amide bonds. The maximum absolute atomic E-state index is 5.87. The van der Waals surface area contributed by atoms with Crippen LogP contribution in [0.1, 0.15) is 36.2 Å². The Bertz CT molecular complexity index is 302. The first-order valence-corrected chi connectivity index (χ1v) is 5.05. The lowest BCUT2D eigenvalue weighted by Crippen LogP contribution is -2.41. The van der Waals surface area contributed by atoms with Crippen LogP contribution < -0.4 is 5.73 Å². The molecule has 0 unspecified atom stereocenters. The van der Waals surface area contributed by atoms with Gasteiger partial charge in [0.25, 0.3) is 0 Å². The van der Waals surface area contributed by atoms with Gasteiger partial charge in [0.1, 0.15) is 0 Å². The number of aryl methyl sites for hydroxylation is 2. The molecule has 72 valence electrons. The molecule has 0 atom stereocenters. The molecule has 2 heteroatoms. The smallest absolute Gasteiger partial charge is 0.0156 e. The molecule has 0 radical (unpaired) electrons. The highest BCUT2D eigenvalue weighted by Crippen LogP contribution is 2.44. The molecule has 0 bridgehead atoms. The van der Waals surface area contributed by atoms with E-state index in [4.69, 9.17) is 5.73 Å². The number of aromatic nitrogens is 1. The third-order valence-corrected chi connectivity index (χ3v) is 3.42. The minimum Gasteiger partial charge on any atom is -0.362 e. The minimum atomic E-state index is 0.314. The van der Waals surface area contributed by atoms with Crippen molar-refractivity contribution < 1.29 is 0 Å². The van der Waals surface area contributed by atoms with Gasteiger partial charge in [-0.15, -0.1) is 0 Å². The molecule has 0 aromatic carbocycles. The van der Waals surface area contributed by atoms with E-state index >= 15 is 0 Å². The van der Waals surface area contributed by atoms with Crippen LogP contribution >= 0.6 is 0 Å². The Morgan fingerprint density at radius 2 is 2.15 bits per heavy atom. The lowest BCUT2D eigenvalue weighted by Gasteiger charge is -2.41. The second-order valence-electron chi connectivity index (χ2n) is 4.33. The van der Waals surface area contributed by atoms with Gasteiger partial charge in [0, 0.05) is 23.3 Å². The van der Waals surface area contributed by atoms with Gasteiger partial charge in [-0.2, -0.15) is 0 Å². The van der Waals surface area contributed by atoms with Crippen LogP contribution in [0.25, 0.3) is 0 Å². The van der Waals surface area contributed by atoms with Crippen LogP contribution in [0.15, 0.2) is 6.07 Å². The van der Waals surface area contributed by atoms with Crippen LogP contribution in [-0.2, 0) is 5.41 Å². The summed E-state index contributed by atoms with van der Waals surface area (Å²) >= 11 is 0. The summed E-state index contributed by atoms with van der Waals surface area (Å²) in [5.74, 6) is 0. The molecule has 2 rings (SSSR count). The maximum atomic E-state index is 5.87. The first kappa shape index (κ1) is 8.82.